The van der Waals surface area contributed by atoms with Crippen LogP contribution in [0.15, 0.2) is 18.2 Å². The highest BCUT2D eigenvalue weighted by Crippen LogP contribution is 2.24. The summed E-state index contributed by atoms with van der Waals surface area (Å²) in [6.45, 7) is 3.16. The van der Waals surface area contributed by atoms with Crippen molar-refractivity contribution in [2.45, 2.75) is 26.2 Å². The summed E-state index contributed by atoms with van der Waals surface area (Å²) in [4.78, 5) is 24.8. The van der Waals surface area contributed by atoms with Crippen molar-refractivity contribution in [2.75, 3.05) is 20.2 Å². The summed E-state index contributed by atoms with van der Waals surface area (Å²) in [5, 5.41) is 8.81. The number of ether oxygens (including phenoxy) is 1. The number of carbonyl (C=O) groups excluding carboxylic acids is 1. The van der Waals surface area contributed by atoms with Crippen LogP contribution in [0.25, 0.3) is 0 Å². The van der Waals surface area contributed by atoms with Crippen molar-refractivity contribution in [1.29, 1.82) is 0 Å². The maximum absolute atomic E-state index is 12.3. The van der Waals surface area contributed by atoms with Gasteiger partial charge in [-0.2, -0.15) is 0 Å². The molecule has 1 atom stereocenters. The zero-order chi connectivity index (χ0) is 15.4. The fraction of sp³-hybridized carbons (Fsp3) is 0.500. The van der Waals surface area contributed by atoms with Crippen LogP contribution in [0.1, 0.15) is 24.0 Å². The Morgan fingerprint density at radius 1 is 1.43 bits per heavy atom. The van der Waals surface area contributed by atoms with E-state index < -0.39 is 5.97 Å². The summed E-state index contributed by atoms with van der Waals surface area (Å²) in [5.74, 6) is 0.0301. The van der Waals surface area contributed by atoms with Gasteiger partial charge >= 0.3 is 5.97 Å². The molecule has 1 unspecified atom stereocenters. The Balaban J connectivity index is 1.99. The highest BCUT2D eigenvalue weighted by Gasteiger charge is 2.28. The van der Waals surface area contributed by atoms with E-state index in [0.717, 1.165) is 23.3 Å². The SMILES string of the molecule is COc1ccc(C)cc1CC(=O)N1CCC(CC(=O)O)C1. The van der Waals surface area contributed by atoms with Crippen LogP contribution in [0.2, 0.25) is 0 Å². The van der Waals surface area contributed by atoms with Crippen LogP contribution in [0.3, 0.4) is 0 Å². The molecule has 114 valence electrons. The number of carbonyl (C=O) groups is 2. The number of nitrogens with zero attached hydrogens (tertiary/aromatic N) is 1. The predicted molar refractivity (Wildman–Crippen MR) is 78.4 cm³/mol. The molecule has 0 radical (unpaired) electrons. The molecule has 0 spiro atoms. The molecular weight excluding hydrogens is 270 g/mol. The molecule has 1 aromatic rings. The zero-order valence-corrected chi connectivity index (χ0v) is 12.5. The van der Waals surface area contributed by atoms with Gasteiger partial charge in [-0.05, 0) is 25.3 Å². The van der Waals surface area contributed by atoms with E-state index in [1.807, 2.05) is 25.1 Å². The number of carboxylic acids is 1. The van der Waals surface area contributed by atoms with Gasteiger partial charge in [0, 0.05) is 25.1 Å². The predicted octanol–water partition coefficient (Wildman–Crippen LogP) is 1.87. The molecule has 1 amide bonds. The number of methoxy groups -OCH3 is 1. The largest absolute Gasteiger partial charge is 0.496 e. The quantitative estimate of drug-likeness (QED) is 0.899. The van der Waals surface area contributed by atoms with Crippen LogP contribution in [-0.4, -0.2) is 42.1 Å². The average molecular weight is 291 g/mol. The number of hydrogen-bond acceptors (Lipinski definition) is 3. The fourth-order valence-corrected chi connectivity index (χ4v) is 2.79. The molecule has 0 saturated carbocycles. The maximum atomic E-state index is 12.3. The number of carboxylic acid groups (broad SMARTS) is 1. The van der Waals surface area contributed by atoms with Crippen molar-refractivity contribution >= 4 is 11.9 Å². The third-order valence-corrected chi connectivity index (χ3v) is 3.88. The second kappa shape index (κ2) is 6.61. The summed E-state index contributed by atoms with van der Waals surface area (Å²) >= 11 is 0. The first kappa shape index (κ1) is 15.4. The molecule has 0 bridgehead atoms. The van der Waals surface area contributed by atoms with Crippen LogP contribution in [0, 0.1) is 12.8 Å². The van der Waals surface area contributed by atoms with Gasteiger partial charge in [0.1, 0.15) is 5.75 Å². The Morgan fingerprint density at radius 2 is 2.19 bits per heavy atom. The monoisotopic (exact) mass is 291 g/mol. The molecular formula is C16H21NO4. The lowest BCUT2D eigenvalue weighted by molar-refractivity contribution is -0.138. The van der Waals surface area contributed by atoms with E-state index in [2.05, 4.69) is 0 Å². The fourth-order valence-electron chi connectivity index (χ4n) is 2.79. The van der Waals surface area contributed by atoms with Gasteiger partial charge in [0.15, 0.2) is 0 Å². The van der Waals surface area contributed by atoms with E-state index in [-0.39, 0.29) is 18.2 Å². The normalized spacial score (nSPS) is 17.8. The molecule has 1 saturated heterocycles. The number of likely N-dealkylation sites (tertiary alicyclic amines) is 1. The number of amides is 1. The summed E-state index contributed by atoms with van der Waals surface area (Å²) in [7, 11) is 1.59. The van der Waals surface area contributed by atoms with Crippen LogP contribution in [-0.2, 0) is 16.0 Å². The number of hydrogen-bond donors (Lipinski definition) is 1. The molecule has 5 heteroatoms. The summed E-state index contributed by atoms with van der Waals surface area (Å²) < 4.78 is 5.29. The van der Waals surface area contributed by atoms with Crippen LogP contribution >= 0.6 is 0 Å². The van der Waals surface area contributed by atoms with Crippen molar-refractivity contribution in [1.82, 2.24) is 4.90 Å². The lowest BCUT2D eigenvalue weighted by atomic mass is 10.1. The third kappa shape index (κ3) is 3.97. The van der Waals surface area contributed by atoms with Gasteiger partial charge in [0.25, 0.3) is 0 Å². The van der Waals surface area contributed by atoms with Crippen molar-refractivity contribution in [2.24, 2.45) is 5.92 Å². The maximum Gasteiger partial charge on any atom is 0.303 e. The first-order valence-corrected chi connectivity index (χ1v) is 7.12. The molecule has 1 aliphatic rings. The molecule has 1 aliphatic heterocycles. The number of aliphatic carboxylic acids is 1. The minimum Gasteiger partial charge on any atom is -0.496 e. The highest BCUT2D eigenvalue weighted by atomic mass is 16.5. The Bertz CT molecular complexity index is 541. The van der Waals surface area contributed by atoms with Crippen molar-refractivity contribution in [3.05, 3.63) is 29.3 Å². The van der Waals surface area contributed by atoms with Crippen molar-refractivity contribution < 1.29 is 19.4 Å². The Morgan fingerprint density at radius 3 is 2.86 bits per heavy atom. The van der Waals surface area contributed by atoms with E-state index in [1.165, 1.54) is 0 Å². The third-order valence-electron chi connectivity index (χ3n) is 3.88. The van der Waals surface area contributed by atoms with Crippen molar-refractivity contribution in [3.63, 3.8) is 0 Å². The van der Waals surface area contributed by atoms with Gasteiger partial charge in [0.2, 0.25) is 5.91 Å². The molecule has 1 heterocycles. The van der Waals surface area contributed by atoms with Crippen LogP contribution in [0.5, 0.6) is 5.75 Å². The second-order valence-electron chi connectivity index (χ2n) is 5.58. The highest BCUT2D eigenvalue weighted by molar-refractivity contribution is 5.80. The Labute approximate surface area is 124 Å². The van der Waals surface area contributed by atoms with E-state index >= 15 is 0 Å². The van der Waals surface area contributed by atoms with Gasteiger partial charge in [0.05, 0.1) is 13.5 Å². The molecule has 0 aromatic heterocycles. The molecule has 1 fully saturated rings. The Hall–Kier alpha value is -2.04. The number of aryl methyl sites for hydroxylation is 1. The standard InChI is InChI=1S/C16H21NO4/c1-11-3-4-14(21-2)13(7-11)9-15(18)17-6-5-12(10-17)8-16(19)20/h3-4,7,12H,5-6,8-10H2,1-2H3,(H,19,20). The second-order valence-corrected chi connectivity index (χ2v) is 5.58. The summed E-state index contributed by atoms with van der Waals surface area (Å²) in [6.07, 6.45) is 1.20. The molecule has 1 aromatic carbocycles. The zero-order valence-electron chi connectivity index (χ0n) is 12.5. The number of rotatable bonds is 5. The number of benzene rings is 1. The minimum atomic E-state index is -0.797. The van der Waals surface area contributed by atoms with Crippen LogP contribution in [0.4, 0.5) is 0 Å². The lowest BCUT2D eigenvalue weighted by Crippen LogP contribution is -2.30. The van der Waals surface area contributed by atoms with Crippen LogP contribution < -0.4 is 4.74 Å². The van der Waals surface area contributed by atoms with E-state index in [9.17, 15) is 9.59 Å². The average Bonchev–Trinajstić information content (AvgIpc) is 2.86. The lowest BCUT2D eigenvalue weighted by Gasteiger charge is -2.17. The minimum absolute atomic E-state index is 0.0341. The summed E-state index contributed by atoms with van der Waals surface area (Å²) in [5.41, 5.74) is 1.97. The molecule has 21 heavy (non-hydrogen) atoms. The molecule has 0 aliphatic carbocycles. The van der Waals surface area contributed by atoms with Gasteiger partial charge in [-0.1, -0.05) is 17.7 Å². The Kier molecular flexibility index (Phi) is 4.83. The summed E-state index contributed by atoms with van der Waals surface area (Å²) in [6, 6.07) is 5.78. The molecule has 1 N–H and O–H groups in total. The van der Waals surface area contributed by atoms with Gasteiger partial charge < -0.3 is 14.7 Å². The van der Waals surface area contributed by atoms with Gasteiger partial charge in [-0.25, -0.2) is 0 Å². The first-order chi connectivity index (χ1) is 9.99. The van der Waals surface area contributed by atoms with Gasteiger partial charge in [-0.3, -0.25) is 9.59 Å². The topological polar surface area (TPSA) is 66.8 Å². The van der Waals surface area contributed by atoms with E-state index in [1.54, 1.807) is 12.0 Å². The van der Waals surface area contributed by atoms with E-state index in [0.29, 0.717) is 19.5 Å². The van der Waals surface area contributed by atoms with Crippen molar-refractivity contribution in [3.8, 4) is 5.75 Å². The molecule has 2 rings (SSSR count). The first-order valence-electron chi connectivity index (χ1n) is 7.12. The van der Waals surface area contributed by atoms with Gasteiger partial charge in [-0.15, -0.1) is 0 Å². The smallest absolute Gasteiger partial charge is 0.303 e. The molecule has 5 nitrogen and oxygen atoms in total. The van der Waals surface area contributed by atoms with E-state index in [4.69, 9.17) is 9.84 Å².